The maximum atomic E-state index is 12.4. The fourth-order valence-corrected chi connectivity index (χ4v) is 3.06. The summed E-state index contributed by atoms with van der Waals surface area (Å²) in [7, 11) is 0. The summed E-state index contributed by atoms with van der Waals surface area (Å²) >= 11 is 0. The first-order valence-electron chi connectivity index (χ1n) is 10.2. The number of amides is 1. The number of allylic oxidation sites excluding steroid dienone is 2. The van der Waals surface area contributed by atoms with E-state index in [1.165, 1.54) is 38.5 Å². The summed E-state index contributed by atoms with van der Waals surface area (Å²) in [5.41, 5.74) is 0. The largest absolute Gasteiger partial charge is 0.481 e. The van der Waals surface area contributed by atoms with Gasteiger partial charge in [0, 0.05) is 19.0 Å². The highest BCUT2D eigenvalue weighted by atomic mass is 16.4. The second-order valence-corrected chi connectivity index (χ2v) is 6.76. The lowest BCUT2D eigenvalue weighted by Crippen LogP contribution is -2.36. The molecule has 0 aliphatic carbocycles. The Morgan fingerprint density at radius 1 is 0.880 bits per heavy atom. The van der Waals surface area contributed by atoms with Crippen molar-refractivity contribution in [3.05, 3.63) is 12.2 Å². The van der Waals surface area contributed by atoms with Crippen molar-refractivity contribution in [2.45, 2.75) is 91.4 Å². The van der Waals surface area contributed by atoms with E-state index in [1.807, 2.05) is 13.8 Å². The van der Waals surface area contributed by atoms with Crippen molar-refractivity contribution in [3.63, 3.8) is 0 Å². The molecule has 0 saturated carbocycles. The van der Waals surface area contributed by atoms with Gasteiger partial charge in [-0.15, -0.1) is 0 Å². The topological polar surface area (TPSA) is 57.6 Å². The molecule has 1 unspecified atom stereocenters. The molecule has 0 aromatic carbocycles. The van der Waals surface area contributed by atoms with Gasteiger partial charge in [-0.05, 0) is 39.5 Å². The van der Waals surface area contributed by atoms with E-state index in [1.54, 1.807) is 4.90 Å². The zero-order chi connectivity index (χ0) is 18.9. The maximum absolute atomic E-state index is 12.4. The number of carbonyl (C=O) groups excluding carboxylic acids is 1. The van der Waals surface area contributed by atoms with Gasteiger partial charge in [-0.25, -0.2) is 0 Å². The smallest absolute Gasteiger partial charge is 0.304 e. The third-order valence-electron chi connectivity index (χ3n) is 4.66. The third kappa shape index (κ3) is 12.7. The summed E-state index contributed by atoms with van der Waals surface area (Å²) in [5.74, 6) is -1.23. The molecule has 25 heavy (non-hydrogen) atoms. The van der Waals surface area contributed by atoms with Crippen molar-refractivity contribution in [2.24, 2.45) is 5.92 Å². The average molecular weight is 354 g/mol. The Morgan fingerprint density at radius 3 is 2.00 bits per heavy atom. The standard InChI is InChI=1S/C21H39NO3/c1-4-7-8-9-10-11-12-13-14-15-16-17-19(18-20(23)24)21(25)22(5-2)6-3/h9-10,19H,4-8,11-18H2,1-3H3,(H,23,24)/b10-9+. The van der Waals surface area contributed by atoms with E-state index in [9.17, 15) is 9.59 Å². The number of hydrogen-bond donors (Lipinski definition) is 1. The van der Waals surface area contributed by atoms with Crippen molar-refractivity contribution < 1.29 is 14.7 Å². The van der Waals surface area contributed by atoms with Crippen LogP contribution in [0.2, 0.25) is 0 Å². The molecule has 0 aliphatic heterocycles. The monoisotopic (exact) mass is 353 g/mol. The predicted octanol–water partition coefficient (Wildman–Crippen LogP) is 5.42. The molecule has 0 rings (SSSR count). The number of carbonyl (C=O) groups is 2. The molecule has 0 radical (unpaired) electrons. The van der Waals surface area contributed by atoms with Gasteiger partial charge < -0.3 is 10.0 Å². The highest BCUT2D eigenvalue weighted by molar-refractivity contribution is 5.83. The average Bonchev–Trinajstić information content (AvgIpc) is 2.59. The minimum atomic E-state index is -0.875. The molecule has 1 N–H and O–H groups in total. The summed E-state index contributed by atoms with van der Waals surface area (Å²) in [6, 6.07) is 0. The Kier molecular flexibility index (Phi) is 15.3. The van der Waals surface area contributed by atoms with E-state index >= 15 is 0 Å². The zero-order valence-corrected chi connectivity index (χ0v) is 16.6. The van der Waals surface area contributed by atoms with Crippen LogP contribution in [0.5, 0.6) is 0 Å². The number of hydrogen-bond acceptors (Lipinski definition) is 2. The minimum absolute atomic E-state index is 0.00427. The van der Waals surface area contributed by atoms with Gasteiger partial charge in [-0.1, -0.05) is 57.6 Å². The van der Waals surface area contributed by atoms with E-state index in [2.05, 4.69) is 19.1 Å². The van der Waals surface area contributed by atoms with Crippen LogP contribution in [-0.2, 0) is 9.59 Å². The van der Waals surface area contributed by atoms with E-state index < -0.39 is 5.97 Å². The third-order valence-corrected chi connectivity index (χ3v) is 4.66. The molecule has 0 bridgehead atoms. The van der Waals surface area contributed by atoms with Crippen LogP contribution in [0.3, 0.4) is 0 Å². The lowest BCUT2D eigenvalue weighted by molar-refractivity contribution is -0.144. The van der Waals surface area contributed by atoms with Gasteiger partial charge in [0.05, 0.1) is 6.42 Å². The van der Waals surface area contributed by atoms with Gasteiger partial charge in [-0.2, -0.15) is 0 Å². The van der Waals surface area contributed by atoms with Crippen molar-refractivity contribution in [1.29, 1.82) is 0 Å². The molecular weight excluding hydrogens is 314 g/mol. The molecule has 4 nitrogen and oxygen atoms in total. The number of carboxylic acids is 1. The molecule has 0 fully saturated rings. The highest BCUT2D eigenvalue weighted by Gasteiger charge is 2.24. The number of nitrogens with zero attached hydrogens (tertiary/aromatic N) is 1. The van der Waals surface area contributed by atoms with Crippen molar-refractivity contribution in [2.75, 3.05) is 13.1 Å². The highest BCUT2D eigenvalue weighted by Crippen LogP contribution is 2.18. The van der Waals surface area contributed by atoms with Crippen molar-refractivity contribution >= 4 is 11.9 Å². The molecular formula is C21H39NO3. The van der Waals surface area contributed by atoms with Gasteiger partial charge in [0.15, 0.2) is 0 Å². The Morgan fingerprint density at radius 2 is 1.44 bits per heavy atom. The normalized spacial score (nSPS) is 12.4. The molecule has 0 spiro atoms. The van der Waals surface area contributed by atoms with Crippen LogP contribution in [0.4, 0.5) is 0 Å². The Labute approximate surface area is 154 Å². The minimum Gasteiger partial charge on any atom is -0.481 e. The van der Waals surface area contributed by atoms with Crippen LogP contribution in [0.15, 0.2) is 12.2 Å². The molecule has 4 heteroatoms. The number of carboxylic acid groups (broad SMARTS) is 1. The lowest BCUT2D eigenvalue weighted by Gasteiger charge is -2.24. The molecule has 0 heterocycles. The summed E-state index contributed by atoms with van der Waals surface area (Å²) < 4.78 is 0. The van der Waals surface area contributed by atoms with Crippen molar-refractivity contribution in [3.8, 4) is 0 Å². The van der Waals surface area contributed by atoms with Gasteiger partial charge in [0.2, 0.25) is 5.91 Å². The van der Waals surface area contributed by atoms with Crippen LogP contribution in [-0.4, -0.2) is 35.0 Å². The first kappa shape index (κ1) is 23.7. The zero-order valence-electron chi connectivity index (χ0n) is 16.6. The number of aliphatic carboxylic acids is 1. The van der Waals surface area contributed by atoms with Crippen LogP contribution in [0.25, 0.3) is 0 Å². The quantitative estimate of drug-likeness (QED) is 0.297. The fourth-order valence-electron chi connectivity index (χ4n) is 3.06. The summed E-state index contributed by atoms with van der Waals surface area (Å²) in [6.07, 6.45) is 15.8. The van der Waals surface area contributed by atoms with E-state index in [4.69, 9.17) is 5.11 Å². The number of unbranched alkanes of at least 4 members (excludes halogenated alkanes) is 7. The second kappa shape index (κ2) is 16.2. The first-order valence-corrected chi connectivity index (χ1v) is 10.2. The SMILES string of the molecule is CCCC/C=C/CCCCCCCC(CC(=O)O)C(=O)N(CC)CC. The maximum Gasteiger partial charge on any atom is 0.304 e. The molecule has 1 amide bonds. The summed E-state index contributed by atoms with van der Waals surface area (Å²) in [4.78, 5) is 25.2. The molecule has 0 aromatic rings. The summed E-state index contributed by atoms with van der Waals surface area (Å²) in [5, 5.41) is 9.06. The first-order chi connectivity index (χ1) is 12.1. The van der Waals surface area contributed by atoms with E-state index in [0.29, 0.717) is 19.5 Å². The lowest BCUT2D eigenvalue weighted by atomic mass is 9.95. The van der Waals surface area contributed by atoms with Gasteiger partial charge in [-0.3, -0.25) is 9.59 Å². The molecule has 1 atom stereocenters. The molecule has 0 aromatic heterocycles. The van der Waals surface area contributed by atoms with Crippen LogP contribution in [0, 0.1) is 5.92 Å². The van der Waals surface area contributed by atoms with Crippen LogP contribution >= 0.6 is 0 Å². The predicted molar refractivity (Wildman–Crippen MR) is 105 cm³/mol. The summed E-state index contributed by atoms with van der Waals surface area (Å²) in [6.45, 7) is 7.39. The van der Waals surface area contributed by atoms with Gasteiger partial charge in [0.1, 0.15) is 0 Å². The fraction of sp³-hybridized carbons (Fsp3) is 0.810. The van der Waals surface area contributed by atoms with Crippen molar-refractivity contribution in [1.82, 2.24) is 4.90 Å². The Hall–Kier alpha value is -1.32. The molecule has 146 valence electrons. The molecule has 0 aliphatic rings. The number of rotatable bonds is 16. The second-order valence-electron chi connectivity index (χ2n) is 6.76. The van der Waals surface area contributed by atoms with Crippen LogP contribution in [0.1, 0.15) is 91.4 Å². The van der Waals surface area contributed by atoms with Crippen LogP contribution < -0.4 is 0 Å². The van der Waals surface area contributed by atoms with Gasteiger partial charge in [0.25, 0.3) is 0 Å². The Balaban J connectivity index is 3.93. The van der Waals surface area contributed by atoms with E-state index in [-0.39, 0.29) is 18.2 Å². The van der Waals surface area contributed by atoms with E-state index in [0.717, 1.165) is 19.3 Å². The van der Waals surface area contributed by atoms with Gasteiger partial charge >= 0.3 is 5.97 Å². The molecule has 0 saturated heterocycles. The Bertz CT molecular complexity index is 375.